The van der Waals surface area contributed by atoms with E-state index in [2.05, 4.69) is 79.3 Å². The Labute approximate surface area is 178 Å². The number of hydrogen-bond donors (Lipinski definition) is 4. The summed E-state index contributed by atoms with van der Waals surface area (Å²) in [4.78, 5) is 14.0. The number of fused-ring (bicyclic) bond motifs is 2. The van der Waals surface area contributed by atoms with E-state index in [0.29, 0.717) is 18.0 Å². The predicted octanol–water partition coefficient (Wildman–Crippen LogP) is 3.20. The van der Waals surface area contributed by atoms with Crippen LogP contribution in [0.15, 0.2) is 42.0 Å². The molecule has 30 heavy (non-hydrogen) atoms. The predicted molar refractivity (Wildman–Crippen MR) is 119 cm³/mol. The molecule has 2 aliphatic rings. The largest absolute Gasteiger partial charge is 0.342 e. The van der Waals surface area contributed by atoms with Gasteiger partial charge in [0.2, 0.25) is 0 Å². The summed E-state index contributed by atoms with van der Waals surface area (Å²) in [6.07, 6.45) is 4.96. The fraction of sp³-hybridized carbons (Fsp3) is 0.364. The van der Waals surface area contributed by atoms with E-state index in [9.17, 15) is 0 Å². The van der Waals surface area contributed by atoms with Gasteiger partial charge in [-0.25, -0.2) is 15.4 Å². The molecule has 0 amide bonds. The molecule has 7 nitrogen and oxygen atoms in total. The summed E-state index contributed by atoms with van der Waals surface area (Å²) >= 11 is 1.77. The van der Waals surface area contributed by atoms with Gasteiger partial charge in [0.15, 0.2) is 0 Å². The summed E-state index contributed by atoms with van der Waals surface area (Å²) in [6.45, 7) is 2.99. The maximum absolute atomic E-state index is 4.60. The van der Waals surface area contributed by atoms with Crippen molar-refractivity contribution >= 4 is 22.4 Å². The first-order chi connectivity index (χ1) is 14.7. The Kier molecular flexibility index (Phi) is 4.28. The minimum atomic E-state index is 0.222. The van der Waals surface area contributed by atoms with Crippen LogP contribution in [0.1, 0.15) is 35.7 Å². The first kappa shape index (κ1) is 18.3. The molecule has 154 valence electrons. The van der Waals surface area contributed by atoms with Crippen molar-refractivity contribution in [1.29, 1.82) is 0 Å². The Morgan fingerprint density at radius 1 is 1.20 bits per heavy atom. The maximum atomic E-state index is 4.60. The summed E-state index contributed by atoms with van der Waals surface area (Å²) < 4.78 is 2.20. The zero-order valence-corrected chi connectivity index (χ0v) is 17.8. The van der Waals surface area contributed by atoms with Gasteiger partial charge in [-0.1, -0.05) is 6.07 Å². The molecule has 4 N–H and O–H groups in total. The van der Waals surface area contributed by atoms with Gasteiger partial charge in [-0.3, -0.25) is 5.43 Å². The highest BCUT2D eigenvalue weighted by Gasteiger charge is 2.42. The fourth-order valence-electron chi connectivity index (χ4n) is 5.01. The topological polar surface area (TPSA) is 82.6 Å². The number of aromatic nitrogens is 4. The van der Waals surface area contributed by atoms with E-state index in [1.54, 1.807) is 11.3 Å². The average molecular weight is 420 g/mol. The summed E-state index contributed by atoms with van der Waals surface area (Å²) in [5.41, 5.74) is 11.7. The number of H-pyrrole nitrogens is 1. The van der Waals surface area contributed by atoms with Crippen LogP contribution in [0.25, 0.3) is 21.5 Å². The number of aromatic amines is 1. The van der Waals surface area contributed by atoms with Gasteiger partial charge in [0.1, 0.15) is 11.5 Å². The third-order valence-electron chi connectivity index (χ3n) is 6.75. The lowest BCUT2D eigenvalue weighted by molar-refractivity contribution is 0.260. The maximum Gasteiger partial charge on any atom is 0.138 e. The highest BCUT2D eigenvalue weighted by molar-refractivity contribution is 7.13. The van der Waals surface area contributed by atoms with Crippen molar-refractivity contribution in [1.82, 2.24) is 35.7 Å². The molecule has 6 heterocycles. The van der Waals surface area contributed by atoms with Gasteiger partial charge in [-0.15, -0.1) is 11.3 Å². The molecule has 2 fully saturated rings. The molecular formula is C22H25N7S. The molecule has 0 bridgehead atoms. The number of hydrogen-bond acceptors (Lipinski definition) is 6. The van der Waals surface area contributed by atoms with Crippen molar-refractivity contribution in [2.24, 2.45) is 13.0 Å². The first-order valence-corrected chi connectivity index (χ1v) is 11.3. The zero-order valence-electron chi connectivity index (χ0n) is 17.0. The van der Waals surface area contributed by atoms with Crippen LogP contribution in [0.4, 0.5) is 0 Å². The van der Waals surface area contributed by atoms with Crippen LogP contribution in [-0.4, -0.2) is 32.1 Å². The van der Waals surface area contributed by atoms with E-state index in [4.69, 9.17) is 0 Å². The van der Waals surface area contributed by atoms with E-state index in [1.165, 1.54) is 27.2 Å². The second-order valence-corrected chi connectivity index (χ2v) is 9.29. The molecule has 4 atom stereocenters. The van der Waals surface area contributed by atoms with E-state index in [1.807, 2.05) is 12.4 Å². The average Bonchev–Trinajstić information content (AvgIpc) is 3.54. The molecule has 0 spiro atoms. The number of pyridine rings is 1. The lowest BCUT2D eigenvalue weighted by Crippen LogP contribution is -2.46. The molecule has 8 heteroatoms. The second-order valence-electron chi connectivity index (χ2n) is 8.35. The quantitative estimate of drug-likeness (QED) is 0.410. The number of hydrazine groups is 1. The minimum absolute atomic E-state index is 0.222. The normalized spacial score (nSPS) is 26.3. The lowest BCUT2D eigenvalue weighted by atomic mass is 9.82. The Morgan fingerprint density at radius 2 is 2.13 bits per heavy atom. The van der Waals surface area contributed by atoms with Gasteiger partial charge < -0.3 is 14.9 Å². The van der Waals surface area contributed by atoms with Gasteiger partial charge in [0.05, 0.1) is 17.9 Å². The zero-order chi connectivity index (χ0) is 20.2. The van der Waals surface area contributed by atoms with Crippen molar-refractivity contribution in [3.63, 3.8) is 0 Å². The monoisotopic (exact) mass is 419 g/mol. The number of rotatable bonds is 3. The number of nitrogens with one attached hydrogen (secondary N) is 4. The molecular weight excluding hydrogens is 394 g/mol. The van der Waals surface area contributed by atoms with E-state index in [-0.39, 0.29) is 6.04 Å². The molecule has 4 unspecified atom stereocenters. The van der Waals surface area contributed by atoms with Crippen LogP contribution in [0.2, 0.25) is 0 Å². The van der Waals surface area contributed by atoms with E-state index >= 15 is 0 Å². The summed E-state index contributed by atoms with van der Waals surface area (Å²) in [5, 5.41) is 7.01. The summed E-state index contributed by atoms with van der Waals surface area (Å²) in [6, 6.07) is 9.60. The highest BCUT2D eigenvalue weighted by atomic mass is 32.1. The minimum Gasteiger partial charge on any atom is -0.342 e. The Balaban J connectivity index is 1.33. The van der Waals surface area contributed by atoms with E-state index in [0.717, 1.165) is 24.4 Å². The van der Waals surface area contributed by atoms with Crippen LogP contribution in [0.3, 0.4) is 0 Å². The molecule has 0 aromatic carbocycles. The third-order valence-corrected chi connectivity index (χ3v) is 7.65. The first-order valence-electron chi connectivity index (χ1n) is 10.4. The fourth-order valence-corrected chi connectivity index (χ4v) is 5.77. The molecule has 4 aromatic heterocycles. The summed E-state index contributed by atoms with van der Waals surface area (Å²) in [7, 11) is 2.10. The van der Waals surface area contributed by atoms with Crippen molar-refractivity contribution < 1.29 is 0 Å². The van der Waals surface area contributed by atoms with Crippen molar-refractivity contribution in [3.8, 4) is 10.4 Å². The number of piperidine rings is 1. The molecule has 4 aromatic rings. The molecule has 0 aliphatic carbocycles. The van der Waals surface area contributed by atoms with Crippen LogP contribution < -0.4 is 16.2 Å². The number of nitrogens with zero attached hydrogens (tertiary/aromatic N) is 3. The molecule has 6 rings (SSSR count). The van der Waals surface area contributed by atoms with Gasteiger partial charge >= 0.3 is 0 Å². The smallest absolute Gasteiger partial charge is 0.138 e. The lowest BCUT2D eigenvalue weighted by Gasteiger charge is -2.34. The van der Waals surface area contributed by atoms with Crippen molar-refractivity contribution in [3.05, 3.63) is 59.3 Å². The third kappa shape index (κ3) is 2.83. The molecule has 2 aliphatic heterocycles. The van der Waals surface area contributed by atoms with Crippen LogP contribution in [0, 0.1) is 12.8 Å². The summed E-state index contributed by atoms with van der Waals surface area (Å²) in [5.74, 6) is 1.53. The highest BCUT2D eigenvalue weighted by Crippen LogP contribution is 2.40. The van der Waals surface area contributed by atoms with Gasteiger partial charge in [-0.05, 0) is 36.9 Å². The Morgan fingerprint density at radius 3 is 2.93 bits per heavy atom. The standard InChI is InChI=1S/C22H25N7S/c1-12-24-11-19(29(12)2)16-9-15-18(10-25-16)27-28-21(15)17-8-14-13(20-4-3-7-30-20)5-6-23-22(14)26-17/h3-8,11,15-16,18,21,25,27-28H,9-10H2,1-2H3,(H,23,26). The van der Waals surface area contributed by atoms with Crippen molar-refractivity contribution in [2.75, 3.05) is 6.54 Å². The SMILES string of the molecule is Cc1ncc(C2CC3C(CN2)NNC3c2cc3c(-c4cccs4)ccnc3[nH]2)n1C. The number of imidazole rings is 1. The Bertz CT molecular complexity index is 1190. The van der Waals surface area contributed by atoms with Crippen LogP contribution in [0.5, 0.6) is 0 Å². The molecule has 2 saturated heterocycles. The number of thiophene rings is 1. The molecule has 0 saturated carbocycles. The van der Waals surface area contributed by atoms with Crippen molar-refractivity contribution in [2.45, 2.75) is 31.5 Å². The van der Waals surface area contributed by atoms with Crippen LogP contribution >= 0.6 is 11.3 Å². The Hall–Kier alpha value is -2.52. The van der Waals surface area contributed by atoms with Crippen LogP contribution in [-0.2, 0) is 7.05 Å². The van der Waals surface area contributed by atoms with Gasteiger partial charge in [0.25, 0.3) is 0 Å². The van der Waals surface area contributed by atoms with Gasteiger partial charge in [0, 0.05) is 59.3 Å². The second kappa shape index (κ2) is 7.02. The number of aryl methyl sites for hydroxylation is 1. The molecule has 0 radical (unpaired) electrons. The van der Waals surface area contributed by atoms with E-state index < -0.39 is 0 Å². The van der Waals surface area contributed by atoms with Gasteiger partial charge in [-0.2, -0.15) is 0 Å².